The van der Waals surface area contributed by atoms with Gasteiger partial charge in [-0.1, -0.05) is 12.1 Å². The molecule has 0 aromatic heterocycles. The van der Waals surface area contributed by atoms with Crippen LogP contribution in [-0.2, 0) is 4.79 Å². The fourth-order valence-electron chi connectivity index (χ4n) is 0.696. The van der Waals surface area contributed by atoms with Crippen molar-refractivity contribution in [2.24, 2.45) is 0 Å². The van der Waals surface area contributed by atoms with Gasteiger partial charge in [0.25, 0.3) is 0 Å². The second-order valence-electron chi connectivity index (χ2n) is 2.10. The molecule has 1 rings (SSSR count). The number of ketones is 1. The van der Waals surface area contributed by atoms with E-state index in [4.69, 9.17) is 4.79 Å². The number of carbonyl (C=O) groups excluding carboxylic acids is 2. The Morgan fingerprint density at radius 1 is 1.25 bits per heavy atom. The van der Waals surface area contributed by atoms with Crippen LogP contribution in [0.1, 0.15) is 17.3 Å². The molecule has 0 amide bonds. The van der Waals surface area contributed by atoms with Crippen LogP contribution >= 0.6 is 12.6 Å². The van der Waals surface area contributed by atoms with E-state index in [1.807, 2.05) is 6.79 Å². The zero-order valence-electron chi connectivity index (χ0n) is 6.78. The van der Waals surface area contributed by atoms with E-state index in [9.17, 15) is 4.79 Å². The molecule has 0 N–H and O–H groups in total. The zero-order chi connectivity index (χ0) is 9.56. The summed E-state index contributed by atoms with van der Waals surface area (Å²) in [6.07, 6.45) is 0. The lowest BCUT2D eigenvalue weighted by atomic mass is 10.2. The monoisotopic (exact) mass is 182 g/mol. The topological polar surface area (TPSA) is 34.1 Å². The van der Waals surface area contributed by atoms with Crippen molar-refractivity contribution < 1.29 is 9.59 Å². The van der Waals surface area contributed by atoms with Crippen LogP contribution in [0, 0.1) is 0 Å². The number of carbonyl (C=O) groups is 2. The van der Waals surface area contributed by atoms with E-state index >= 15 is 0 Å². The van der Waals surface area contributed by atoms with Crippen molar-refractivity contribution in [3.8, 4) is 0 Å². The molecule has 0 radical (unpaired) electrons. The standard InChI is InChI=1S/C8H8OS.CH2O/c1-6(9)7-2-4-8(10)5-3-7;1-2/h2-5,10H,1H3;1H2. The molecule has 0 saturated carbocycles. The third-order valence-corrected chi connectivity index (χ3v) is 1.57. The number of hydrogen-bond donors (Lipinski definition) is 1. The van der Waals surface area contributed by atoms with Gasteiger partial charge in [0, 0.05) is 10.5 Å². The van der Waals surface area contributed by atoms with E-state index in [0.717, 1.165) is 10.5 Å². The Morgan fingerprint density at radius 3 is 2.00 bits per heavy atom. The summed E-state index contributed by atoms with van der Waals surface area (Å²) in [5.74, 6) is 0.0910. The van der Waals surface area contributed by atoms with E-state index in [-0.39, 0.29) is 5.78 Å². The molecule has 12 heavy (non-hydrogen) atoms. The first-order chi connectivity index (χ1) is 5.70. The third kappa shape index (κ3) is 3.34. The molecule has 0 fully saturated rings. The summed E-state index contributed by atoms with van der Waals surface area (Å²) in [7, 11) is 0. The van der Waals surface area contributed by atoms with E-state index in [0.29, 0.717) is 0 Å². The van der Waals surface area contributed by atoms with Crippen molar-refractivity contribution in [2.75, 3.05) is 0 Å². The van der Waals surface area contributed by atoms with Gasteiger partial charge in [-0.3, -0.25) is 4.79 Å². The smallest absolute Gasteiger partial charge is 0.159 e. The van der Waals surface area contributed by atoms with Gasteiger partial charge in [0.15, 0.2) is 5.78 Å². The molecule has 64 valence electrons. The zero-order valence-corrected chi connectivity index (χ0v) is 7.67. The lowest BCUT2D eigenvalue weighted by molar-refractivity contribution is -0.0979. The van der Waals surface area contributed by atoms with E-state index in [2.05, 4.69) is 12.6 Å². The largest absolute Gasteiger partial charge is 0.307 e. The first-order valence-electron chi connectivity index (χ1n) is 3.29. The summed E-state index contributed by atoms with van der Waals surface area (Å²) in [5, 5.41) is 0. The number of hydrogen-bond acceptors (Lipinski definition) is 3. The average Bonchev–Trinajstić information content (AvgIpc) is 2.09. The molecule has 0 heterocycles. The highest BCUT2D eigenvalue weighted by Crippen LogP contribution is 2.07. The lowest BCUT2D eigenvalue weighted by Crippen LogP contribution is -1.89. The average molecular weight is 182 g/mol. The van der Waals surface area contributed by atoms with Crippen molar-refractivity contribution in [3.05, 3.63) is 29.8 Å². The van der Waals surface area contributed by atoms with Gasteiger partial charge in [0.2, 0.25) is 0 Å². The molecule has 1 aromatic carbocycles. The SMILES string of the molecule is C=O.CC(=O)c1ccc(S)cc1. The van der Waals surface area contributed by atoms with Gasteiger partial charge in [0.05, 0.1) is 0 Å². The van der Waals surface area contributed by atoms with Gasteiger partial charge < -0.3 is 4.79 Å². The molecular weight excluding hydrogens is 172 g/mol. The molecule has 0 atom stereocenters. The molecule has 0 aliphatic heterocycles. The first-order valence-corrected chi connectivity index (χ1v) is 3.73. The van der Waals surface area contributed by atoms with Crippen molar-refractivity contribution in [1.29, 1.82) is 0 Å². The molecular formula is C9H10O2S. The fourth-order valence-corrected chi connectivity index (χ4v) is 0.845. The van der Waals surface area contributed by atoms with Crippen LogP contribution in [0.25, 0.3) is 0 Å². The Hall–Kier alpha value is -1.09. The van der Waals surface area contributed by atoms with Crippen molar-refractivity contribution in [1.82, 2.24) is 0 Å². The second kappa shape index (κ2) is 5.55. The van der Waals surface area contributed by atoms with Crippen LogP contribution in [0.4, 0.5) is 0 Å². The molecule has 1 aromatic rings. The van der Waals surface area contributed by atoms with Gasteiger partial charge >= 0.3 is 0 Å². The molecule has 0 saturated heterocycles. The minimum atomic E-state index is 0.0910. The van der Waals surface area contributed by atoms with Gasteiger partial charge in [-0.05, 0) is 19.1 Å². The highest BCUT2D eigenvalue weighted by molar-refractivity contribution is 7.80. The van der Waals surface area contributed by atoms with Gasteiger partial charge in [-0.25, -0.2) is 0 Å². The predicted molar refractivity (Wildman–Crippen MR) is 50.8 cm³/mol. The van der Waals surface area contributed by atoms with Crippen LogP contribution in [-0.4, -0.2) is 12.6 Å². The molecule has 0 unspecified atom stereocenters. The summed E-state index contributed by atoms with van der Waals surface area (Å²) >= 11 is 4.09. The Balaban J connectivity index is 0.000000561. The molecule has 0 aliphatic carbocycles. The Morgan fingerprint density at radius 2 is 1.67 bits per heavy atom. The molecule has 2 nitrogen and oxygen atoms in total. The van der Waals surface area contributed by atoms with Crippen molar-refractivity contribution in [3.63, 3.8) is 0 Å². The summed E-state index contributed by atoms with van der Waals surface area (Å²) in [6.45, 7) is 3.55. The fraction of sp³-hybridized carbons (Fsp3) is 0.111. The third-order valence-electron chi connectivity index (χ3n) is 1.27. The Kier molecular flexibility index (Phi) is 5.04. The van der Waals surface area contributed by atoms with E-state index in [1.165, 1.54) is 0 Å². The van der Waals surface area contributed by atoms with Crippen molar-refractivity contribution >= 4 is 25.2 Å². The number of Topliss-reactive ketones (excluding diaryl/α,β-unsaturated/α-hetero) is 1. The normalized spacial score (nSPS) is 8.17. The highest BCUT2D eigenvalue weighted by atomic mass is 32.1. The van der Waals surface area contributed by atoms with Gasteiger partial charge in [0.1, 0.15) is 6.79 Å². The van der Waals surface area contributed by atoms with E-state index < -0.39 is 0 Å². The van der Waals surface area contributed by atoms with Crippen LogP contribution in [0.3, 0.4) is 0 Å². The maximum Gasteiger partial charge on any atom is 0.159 e. The van der Waals surface area contributed by atoms with Gasteiger partial charge in [-0.15, -0.1) is 12.6 Å². The quantitative estimate of drug-likeness (QED) is 0.532. The molecule has 0 bridgehead atoms. The lowest BCUT2D eigenvalue weighted by Gasteiger charge is -1.93. The first kappa shape index (κ1) is 10.9. The maximum absolute atomic E-state index is 10.7. The summed E-state index contributed by atoms with van der Waals surface area (Å²) in [6, 6.07) is 7.15. The number of benzene rings is 1. The maximum atomic E-state index is 10.7. The summed E-state index contributed by atoms with van der Waals surface area (Å²) in [4.78, 5) is 19.6. The number of thiol groups is 1. The Labute approximate surface area is 77.0 Å². The van der Waals surface area contributed by atoms with Gasteiger partial charge in [-0.2, -0.15) is 0 Å². The summed E-state index contributed by atoms with van der Waals surface area (Å²) in [5.41, 5.74) is 0.734. The minimum absolute atomic E-state index is 0.0910. The minimum Gasteiger partial charge on any atom is -0.307 e. The second-order valence-corrected chi connectivity index (χ2v) is 2.62. The number of rotatable bonds is 1. The van der Waals surface area contributed by atoms with E-state index in [1.54, 1.807) is 31.2 Å². The Bertz CT molecular complexity index is 254. The van der Waals surface area contributed by atoms with Crippen LogP contribution in [0.2, 0.25) is 0 Å². The predicted octanol–water partition coefficient (Wildman–Crippen LogP) is 1.99. The van der Waals surface area contributed by atoms with Crippen LogP contribution < -0.4 is 0 Å². The highest BCUT2D eigenvalue weighted by Gasteiger charge is 1.95. The summed E-state index contributed by atoms with van der Waals surface area (Å²) < 4.78 is 0. The molecule has 3 heteroatoms. The molecule has 0 spiro atoms. The van der Waals surface area contributed by atoms with Crippen LogP contribution in [0.5, 0.6) is 0 Å². The van der Waals surface area contributed by atoms with Crippen LogP contribution in [0.15, 0.2) is 29.2 Å². The molecule has 0 aliphatic rings. The van der Waals surface area contributed by atoms with Crippen molar-refractivity contribution in [2.45, 2.75) is 11.8 Å².